The van der Waals surface area contributed by atoms with Gasteiger partial charge in [-0.3, -0.25) is 4.79 Å². The molecule has 0 unspecified atom stereocenters. The second-order valence-corrected chi connectivity index (χ2v) is 9.79. The first-order chi connectivity index (χ1) is 14.9. The summed E-state index contributed by atoms with van der Waals surface area (Å²) in [5, 5.41) is 2.92. The third-order valence-electron chi connectivity index (χ3n) is 7.11. The Balaban J connectivity index is 1.46. The van der Waals surface area contributed by atoms with E-state index in [4.69, 9.17) is 16.3 Å². The van der Waals surface area contributed by atoms with Crippen LogP contribution >= 0.6 is 11.6 Å². The number of rotatable bonds is 3. The number of hydrogen-bond donors (Lipinski definition) is 1. The predicted molar refractivity (Wildman–Crippen MR) is 114 cm³/mol. The van der Waals surface area contributed by atoms with Gasteiger partial charge >= 0.3 is 6.18 Å². The normalized spacial score (nSPS) is 23.0. The standard InChI is InChI=1S/C24H24ClF4NO2/c1-22(2,21(31)30-19-6-4-16(25)12-18(19)26)14-7-9-23(10-8-14)13-32-20-11-15(24(27,28)29)3-5-17(20)23/h3-6,11-12,14H,7-10,13H2,1-2H3,(H,30,31). The predicted octanol–water partition coefficient (Wildman–Crippen LogP) is 6.98. The molecule has 4 rings (SSSR count). The van der Waals surface area contributed by atoms with Crippen LogP contribution in [-0.2, 0) is 16.4 Å². The highest BCUT2D eigenvalue weighted by Gasteiger charge is 2.48. The first-order valence-corrected chi connectivity index (χ1v) is 10.9. The van der Waals surface area contributed by atoms with Crippen LogP contribution in [0.25, 0.3) is 0 Å². The zero-order valence-electron chi connectivity index (χ0n) is 17.8. The van der Waals surface area contributed by atoms with E-state index < -0.39 is 23.0 Å². The maximum Gasteiger partial charge on any atom is 0.416 e. The molecule has 1 fully saturated rings. The van der Waals surface area contributed by atoms with Crippen molar-refractivity contribution in [2.75, 3.05) is 11.9 Å². The van der Waals surface area contributed by atoms with E-state index >= 15 is 0 Å². The van der Waals surface area contributed by atoms with E-state index in [1.54, 1.807) is 0 Å². The number of halogens is 5. The second-order valence-electron chi connectivity index (χ2n) is 9.35. The Kier molecular flexibility index (Phi) is 5.68. The lowest BCUT2D eigenvalue weighted by Gasteiger charge is -2.42. The minimum Gasteiger partial charge on any atom is -0.492 e. The van der Waals surface area contributed by atoms with Crippen LogP contribution in [0, 0.1) is 17.2 Å². The van der Waals surface area contributed by atoms with Crippen LogP contribution in [0.2, 0.25) is 5.02 Å². The van der Waals surface area contributed by atoms with E-state index in [0.717, 1.165) is 23.8 Å². The fourth-order valence-corrected chi connectivity index (χ4v) is 5.07. The number of carbonyl (C=O) groups is 1. The molecular formula is C24H24ClF4NO2. The smallest absolute Gasteiger partial charge is 0.416 e. The molecule has 1 aliphatic heterocycles. The topological polar surface area (TPSA) is 38.3 Å². The van der Waals surface area contributed by atoms with E-state index in [1.807, 2.05) is 13.8 Å². The summed E-state index contributed by atoms with van der Waals surface area (Å²) >= 11 is 5.77. The van der Waals surface area contributed by atoms with Crippen molar-refractivity contribution in [3.8, 4) is 5.75 Å². The molecule has 1 spiro atoms. The highest BCUT2D eigenvalue weighted by atomic mass is 35.5. The van der Waals surface area contributed by atoms with Gasteiger partial charge < -0.3 is 10.1 Å². The van der Waals surface area contributed by atoms with Crippen molar-refractivity contribution in [2.24, 2.45) is 11.3 Å². The molecule has 32 heavy (non-hydrogen) atoms. The molecule has 2 aliphatic rings. The summed E-state index contributed by atoms with van der Waals surface area (Å²) in [6.07, 6.45) is -1.56. The SMILES string of the molecule is CC(C)(C(=O)Nc1ccc(Cl)cc1F)C1CCC2(CC1)COc1cc(C(F)(F)F)ccc12. The van der Waals surface area contributed by atoms with Crippen molar-refractivity contribution < 1.29 is 27.1 Å². The number of amides is 1. The summed E-state index contributed by atoms with van der Waals surface area (Å²) in [7, 11) is 0. The molecule has 1 aliphatic carbocycles. The van der Waals surface area contributed by atoms with Gasteiger partial charge in [0.25, 0.3) is 0 Å². The molecular weight excluding hydrogens is 446 g/mol. The number of ether oxygens (including phenoxy) is 1. The first-order valence-electron chi connectivity index (χ1n) is 10.5. The van der Waals surface area contributed by atoms with Crippen LogP contribution < -0.4 is 10.1 Å². The van der Waals surface area contributed by atoms with Crippen LogP contribution in [0.1, 0.15) is 50.7 Å². The van der Waals surface area contributed by atoms with Crippen molar-refractivity contribution in [3.05, 3.63) is 58.4 Å². The zero-order chi connectivity index (χ0) is 23.3. The van der Waals surface area contributed by atoms with Crippen molar-refractivity contribution in [3.63, 3.8) is 0 Å². The van der Waals surface area contributed by atoms with E-state index in [9.17, 15) is 22.4 Å². The average Bonchev–Trinajstić information content (AvgIpc) is 3.07. The Morgan fingerprint density at radius 1 is 1.12 bits per heavy atom. The van der Waals surface area contributed by atoms with Gasteiger partial charge in [-0.25, -0.2) is 4.39 Å². The molecule has 1 heterocycles. The molecule has 8 heteroatoms. The van der Waals surface area contributed by atoms with Gasteiger partial charge in [-0.05, 0) is 61.9 Å². The Bertz CT molecular complexity index is 1040. The Morgan fingerprint density at radius 2 is 1.81 bits per heavy atom. The lowest BCUT2D eigenvalue weighted by molar-refractivity contribution is -0.137. The van der Waals surface area contributed by atoms with Gasteiger partial charge in [0.2, 0.25) is 5.91 Å². The number of benzene rings is 2. The van der Waals surface area contributed by atoms with E-state index in [0.29, 0.717) is 38.0 Å². The maximum atomic E-state index is 14.1. The molecule has 0 saturated heterocycles. The number of fused-ring (bicyclic) bond motifs is 2. The van der Waals surface area contributed by atoms with Crippen LogP contribution in [0.3, 0.4) is 0 Å². The zero-order valence-corrected chi connectivity index (χ0v) is 18.5. The molecule has 0 radical (unpaired) electrons. The van der Waals surface area contributed by atoms with Gasteiger partial charge in [-0.1, -0.05) is 31.5 Å². The summed E-state index contributed by atoms with van der Waals surface area (Å²) in [6, 6.07) is 7.82. The number of hydrogen-bond acceptors (Lipinski definition) is 2. The average molecular weight is 470 g/mol. The Morgan fingerprint density at radius 3 is 2.44 bits per heavy atom. The van der Waals surface area contributed by atoms with Gasteiger partial charge in [0.05, 0.1) is 17.9 Å². The summed E-state index contributed by atoms with van der Waals surface area (Å²) in [5.74, 6) is -0.532. The van der Waals surface area contributed by atoms with Gasteiger partial charge in [0.1, 0.15) is 11.6 Å². The fraction of sp³-hybridized carbons (Fsp3) is 0.458. The molecule has 0 aromatic heterocycles. The van der Waals surface area contributed by atoms with Crippen molar-refractivity contribution in [2.45, 2.75) is 51.1 Å². The third-order valence-corrected chi connectivity index (χ3v) is 7.35. The molecule has 2 aromatic rings. The molecule has 172 valence electrons. The van der Waals surface area contributed by atoms with Crippen LogP contribution in [-0.4, -0.2) is 12.5 Å². The second kappa shape index (κ2) is 7.94. The first kappa shape index (κ1) is 22.9. The van der Waals surface area contributed by atoms with E-state index in [2.05, 4.69) is 5.32 Å². The van der Waals surface area contributed by atoms with Gasteiger partial charge in [0.15, 0.2) is 0 Å². The number of carbonyl (C=O) groups excluding carboxylic acids is 1. The molecule has 1 saturated carbocycles. The molecule has 0 bridgehead atoms. The van der Waals surface area contributed by atoms with Crippen LogP contribution in [0.15, 0.2) is 36.4 Å². The summed E-state index contributed by atoms with van der Waals surface area (Å²) in [5.41, 5.74) is -0.900. The van der Waals surface area contributed by atoms with Crippen LogP contribution in [0.4, 0.5) is 23.2 Å². The summed E-state index contributed by atoms with van der Waals surface area (Å²) in [4.78, 5) is 13.0. The van der Waals surface area contributed by atoms with Crippen molar-refractivity contribution in [1.82, 2.24) is 0 Å². The summed E-state index contributed by atoms with van der Waals surface area (Å²) in [6.45, 7) is 4.03. The third kappa shape index (κ3) is 4.07. The lowest BCUT2D eigenvalue weighted by Crippen LogP contribution is -2.43. The Labute approximate surface area is 189 Å². The molecule has 1 N–H and O–H groups in total. The quantitative estimate of drug-likeness (QED) is 0.492. The van der Waals surface area contributed by atoms with Gasteiger partial charge in [-0.2, -0.15) is 13.2 Å². The molecule has 0 atom stereocenters. The van der Waals surface area contributed by atoms with E-state index in [-0.39, 0.29) is 28.0 Å². The molecule has 2 aromatic carbocycles. The summed E-state index contributed by atoms with van der Waals surface area (Å²) < 4.78 is 58.8. The van der Waals surface area contributed by atoms with Gasteiger partial charge in [0, 0.05) is 21.4 Å². The maximum absolute atomic E-state index is 14.1. The fourth-order valence-electron chi connectivity index (χ4n) is 4.92. The minimum atomic E-state index is -4.41. The number of alkyl halides is 3. The minimum absolute atomic E-state index is 0.0435. The molecule has 3 nitrogen and oxygen atoms in total. The molecule has 1 amide bonds. The highest BCUT2D eigenvalue weighted by Crippen LogP contribution is 2.53. The monoisotopic (exact) mass is 469 g/mol. The van der Waals surface area contributed by atoms with Crippen LogP contribution in [0.5, 0.6) is 5.75 Å². The van der Waals surface area contributed by atoms with Crippen molar-refractivity contribution in [1.29, 1.82) is 0 Å². The Hall–Kier alpha value is -2.28. The number of nitrogens with one attached hydrogen (secondary N) is 1. The van der Waals surface area contributed by atoms with E-state index in [1.165, 1.54) is 18.2 Å². The lowest BCUT2D eigenvalue weighted by atomic mass is 9.62. The van der Waals surface area contributed by atoms with Crippen molar-refractivity contribution >= 4 is 23.2 Å². The number of anilines is 1. The largest absolute Gasteiger partial charge is 0.492 e. The van der Waals surface area contributed by atoms with Gasteiger partial charge in [-0.15, -0.1) is 0 Å². The highest BCUT2D eigenvalue weighted by molar-refractivity contribution is 6.30.